The van der Waals surface area contributed by atoms with Crippen LogP contribution in [0.2, 0.25) is 5.02 Å². The van der Waals surface area contributed by atoms with E-state index in [0.29, 0.717) is 20.4 Å². The fourth-order valence-corrected chi connectivity index (χ4v) is 2.79. The third-order valence-corrected chi connectivity index (χ3v) is 4.29. The van der Waals surface area contributed by atoms with Gasteiger partial charge in [0.05, 0.1) is 10.3 Å². The molecule has 1 aromatic heterocycles. The second kappa shape index (κ2) is 3.61. The van der Waals surface area contributed by atoms with Crippen molar-refractivity contribution < 1.29 is 14.4 Å². The maximum absolute atomic E-state index is 11.2. The summed E-state index contributed by atoms with van der Waals surface area (Å²) in [6.07, 6.45) is 1.28. The van der Waals surface area contributed by atoms with Crippen LogP contribution in [0.25, 0.3) is 10.9 Å². The molecule has 1 heterocycles. The Bertz CT molecular complexity index is 577. The summed E-state index contributed by atoms with van der Waals surface area (Å²) < 4.78 is 11.8. The van der Waals surface area contributed by atoms with Gasteiger partial charge in [0.1, 0.15) is 0 Å². The second-order valence-electron chi connectivity index (χ2n) is 3.00. The molecule has 7 heteroatoms. The summed E-state index contributed by atoms with van der Waals surface area (Å²) in [7, 11) is -4.30. The van der Waals surface area contributed by atoms with Crippen LogP contribution in [0.5, 0.6) is 0 Å². The Morgan fingerprint density at radius 2 is 2.07 bits per heavy atom. The van der Waals surface area contributed by atoms with Gasteiger partial charge in [0, 0.05) is 21.6 Å². The Morgan fingerprint density at radius 3 is 2.67 bits per heavy atom. The first-order chi connectivity index (χ1) is 6.91. The molecule has 0 spiro atoms. The molecule has 0 saturated heterocycles. The van der Waals surface area contributed by atoms with E-state index in [1.807, 2.05) is 0 Å². The van der Waals surface area contributed by atoms with Crippen molar-refractivity contribution in [2.45, 2.75) is 0 Å². The number of rotatable bonds is 1. The van der Waals surface area contributed by atoms with E-state index >= 15 is 0 Å². The van der Waals surface area contributed by atoms with Crippen LogP contribution < -0.4 is 5.30 Å². The molecule has 0 aliphatic heterocycles. The van der Waals surface area contributed by atoms with Gasteiger partial charge in [0.2, 0.25) is 0 Å². The molecule has 1 aromatic carbocycles. The van der Waals surface area contributed by atoms with Crippen LogP contribution in [0.1, 0.15) is 0 Å². The summed E-state index contributed by atoms with van der Waals surface area (Å²) in [6.45, 7) is 0. The number of hydrogen-bond acceptors (Lipinski definition) is 1. The molecule has 0 aliphatic carbocycles. The molecule has 3 N–H and O–H groups in total. The monoisotopic (exact) mass is 309 g/mol. The Hall–Kier alpha value is -0.320. The van der Waals surface area contributed by atoms with Gasteiger partial charge in [0.15, 0.2) is 0 Å². The van der Waals surface area contributed by atoms with E-state index in [4.69, 9.17) is 21.4 Å². The van der Waals surface area contributed by atoms with Crippen molar-refractivity contribution in [3.8, 4) is 0 Å². The van der Waals surface area contributed by atoms with Gasteiger partial charge in [0.25, 0.3) is 0 Å². The minimum atomic E-state index is -4.30. The highest BCUT2D eigenvalue weighted by Gasteiger charge is 2.23. The lowest BCUT2D eigenvalue weighted by Gasteiger charge is -2.03. The van der Waals surface area contributed by atoms with Crippen LogP contribution in [-0.2, 0) is 4.57 Å². The number of nitrogens with one attached hydrogen (secondary N) is 1. The van der Waals surface area contributed by atoms with Crippen molar-refractivity contribution in [2.75, 3.05) is 0 Å². The molecule has 0 bridgehead atoms. The molecule has 0 saturated carbocycles. The predicted molar refractivity (Wildman–Crippen MR) is 62.7 cm³/mol. The molecule has 4 nitrogen and oxygen atoms in total. The fourth-order valence-electron chi connectivity index (χ4n) is 1.37. The minimum absolute atomic E-state index is 0.0798. The van der Waals surface area contributed by atoms with E-state index in [-0.39, 0.29) is 5.30 Å². The first-order valence-electron chi connectivity index (χ1n) is 3.92. The number of aromatic nitrogens is 1. The van der Waals surface area contributed by atoms with Gasteiger partial charge in [-0.2, -0.15) is 0 Å². The zero-order valence-corrected chi connectivity index (χ0v) is 10.5. The van der Waals surface area contributed by atoms with Crippen LogP contribution >= 0.6 is 35.1 Å². The topological polar surface area (TPSA) is 73.3 Å². The predicted octanol–water partition coefficient (Wildman–Crippen LogP) is 2.39. The molecular weight excluding hydrogens is 304 g/mol. The maximum Gasteiger partial charge on any atom is 0.358 e. The van der Waals surface area contributed by atoms with Gasteiger partial charge < -0.3 is 14.8 Å². The van der Waals surface area contributed by atoms with Gasteiger partial charge in [-0.15, -0.1) is 0 Å². The fraction of sp³-hybridized carbons (Fsp3) is 0. The number of hydrogen-bond donors (Lipinski definition) is 3. The lowest BCUT2D eigenvalue weighted by molar-refractivity contribution is 0.388. The molecule has 80 valence electrons. The number of aromatic amines is 1. The number of benzene rings is 1. The van der Waals surface area contributed by atoms with Crippen LogP contribution in [0, 0.1) is 0 Å². The normalized spacial score (nSPS) is 12.3. The van der Waals surface area contributed by atoms with Gasteiger partial charge in [-0.05, 0) is 28.1 Å². The molecule has 2 aromatic rings. The van der Waals surface area contributed by atoms with Crippen molar-refractivity contribution >= 4 is 51.3 Å². The van der Waals surface area contributed by atoms with Gasteiger partial charge in [-0.3, -0.25) is 4.57 Å². The molecule has 0 fully saturated rings. The van der Waals surface area contributed by atoms with Crippen molar-refractivity contribution in [2.24, 2.45) is 0 Å². The first kappa shape index (κ1) is 11.2. The lowest BCUT2D eigenvalue weighted by Crippen LogP contribution is -2.01. The summed E-state index contributed by atoms with van der Waals surface area (Å²) in [5.41, 5.74) is 0.599. The highest BCUT2D eigenvalue weighted by molar-refractivity contribution is 9.10. The SMILES string of the molecule is O=P(O)(O)c1c[nH]c2ccc(Br)c(Cl)c12. The summed E-state index contributed by atoms with van der Waals surface area (Å²) in [6, 6.07) is 3.41. The van der Waals surface area contributed by atoms with Crippen molar-refractivity contribution in [1.29, 1.82) is 0 Å². The number of H-pyrrole nitrogens is 1. The molecule has 0 atom stereocenters. The summed E-state index contributed by atoms with van der Waals surface area (Å²) in [5.74, 6) is 0. The summed E-state index contributed by atoms with van der Waals surface area (Å²) >= 11 is 9.17. The minimum Gasteiger partial charge on any atom is -0.360 e. The number of fused-ring (bicyclic) bond motifs is 1. The van der Waals surface area contributed by atoms with E-state index in [0.717, 1.165) is 0 Å². The van der Waals surface area contributed by atoms with Crippen LogP contribution in [0.4, 0.5) is 0 Å². The van der Waals surface area contributed by atoms with Gasteiger partial charge >= 0.3 is 7.60 Å². The van der Waals surface area contributed by atoms with Crippen LogP contribution in [-0.4, -0.2) is 14.8 Å². The molecule has 0 aliphatic rings. The molecule has 0 amide bonds. The average molecular weight is 310 g/mol. The summed E-state index contributed by atoms with van der Waals surface area (Å²) in [5, 5.41) is 0.579. The van der Waals surface area contributed by atoms with Gasteiger partial charge in [-0.1, -0.05) is 11.6 Å². The number of halogens is 2. The standard InChI is InChI=1S/C8H6BrClNO3P/c9-4-1-2-5-7(8(4)10)6(3-11-5)15(12,13)14/h1-3,11H,(H2,12,13,14). The Balaban J connectivity index is 2.90. The second-order valence-corrected chi connectivity index (χ2v) is 5.80. The Labute approximate surface area is 98.5 Å². The third-order valence-electron chi connectivity index (χ3n) is 2.03. The quantitative estimate of drug-likeness (QED) is 0.708. The van der Waals surface area contributed by atoms with Crippen molar-refractivity contribution in [3.05, 3.63) is 27.8 Å². The molecule has 0 radical (unpaired) electrons. The summed E-state index contributed by atoms with van der Waals surface area (Å²) in [4.78, 5) is 21.0. The largest absolute Gasteiger partial charge is 0.360 e. The van der Waals surface area contributed by atoms with E-state index in [2.05, 4.69) is 20.9 Å². The van der Waals surface area contributed by atoms with E-state index in [1.54, 1.807) is 12.1 Å². The zero-order valence-electron chi connectivity index (χ0n) is 7.24. The molecular formula is C8H6BrClNO3P. The smallest absolute Gasteiger partial charge is 0.358 e. The van der Waals surface area contributed by atoms with Crippen LogP contribution in [0.15, 0.2) is 22.8 Å². The Kier molecular flexibility index (Phi) is 2.69. The van der Waals surface area contributed by atoms with Gasteiger partial charge in [-0.25, -0.2) is 0 Å². The lowest BCUT2D eigenvalue weighted by atomic mass is 10.2. The highest BCUT2D eigenvalue weighted by atomic mass is 79.9. The molecule has 0 unspecified atom stereocenters. The molecule has 15 heavy (non-hydrogen) atoms. The van der Waals surface area contributed by atoms with Crippen molar-refractivity contribution in [3.63, 3.8) is 0 Å². The Morgan fingerprint density at radius 1 is 1.40 bits per heavy atom. The van der Waals surface area contributed by atoms with Crippen LogP contribution in [0.3, 0.4) is 0 Å². The van der Waals surface area contributed by atoms with E-state index < -0.39 is 7.60 Å². The first-order valence-corrected chi connectivity index (χ1v) is 6.71. The zero-order chi connectivity index (χ0) is 11.2. The van der Waals surface area contributed by atoms with E-state index in [9.17, 15) is 4.57 Å². The highest BCUT2D eigenvalue weighted by Crippen LogP contribution is 2.40. The third kappa shape index (κ3) is 1.86. The molecule has 2 rings (SSSR count). The maximum atomic E-state index is 11.2. The van der Waals surface area contributed by atoms with Crippen molar-refractivity contribution in [1.82, 2.24) is 4.98 Å². The average Bonchev–Trinajstić information content (AvgIpc) is 2.54. The van der Waals surface area contributed by atoms with E-state index in [1.165, 1.54) is 6.20 Å².